The second kappa shape index (κ2) is 5.83. The van der Waals surface area contributed by atoms with Crippen molar-refractivity contribution in [3.63, 3.8) is 0 Å². The lowest BCUT2D eigenvalue weighted by atomic mass is 10.1. The van der Waals surface area contributed by atoms with Crippen molar-refractivity contribution >= 4 is 0 Å². The fourth-order valence-corrected chi connectivity index (χ4v) is 0.811. The molecule has 0 radical (unpaired) electrons. The molecule has 0 spiro atoms. The van der Waals surface area contributed by atoms with Crippen molar-refractivity contribution < 1.29 is 0 Å². The van der Waals surface area contributed by atoms with Gasteiger partial charge in [0.1, 0.15) is 0 Å². The second-order valence-corrected chi connectivity index (χ2v) is 2.15. The summed E-state index contributed by atoms with van der Waals surface area (Å²) in [5.74, 6) is 0. The van der Waals surface area contributed by atoms with Crippen LogP contribution in [0.5, 0.6) is 0 Å². The highest BCUT2D eigenvalue weighted by Crippen LogP contribution is 2.03. The van der Waals surface area contributed by atoms with Crippen LogP contribution >= 0.6 is 0 Å². The summed E-state index contributed by atoms with van der Waals surface area (Å²) in [6, 6.07) is 0. The van der Waals surface area contributed by atoms with Crippen molar-refractivity contribution in [1.29, 1.82) is 0 Å². The summed E-state index contributed by atoms with van der Waals surface area (Å²) in [5.41, 5.74) is 1.55. The molecule has 0 aliphatic rings. The lowest BCUT2D eigenvalue weighted by molar-refractivity contribution is 0.766. The normalized spacial score (nSPS) is 12.1. The predicted octanol–water partition coefficient (Wildman–Crippen LogP) is 1.95. The molecule has 0 heterocycles. The SMILES string of the molecule is C/C=C(/CC)CCNC. The minimum Gasteiger partial charge on any atom is -0.319 e. The van der Waals surface area contributed by atoms with E-state index in [9.17, 15) is 0 Å². The monoisotopic (exact) mass is 127 g/mol. The molecular weight excluding hydrogens is 110 g/mol. The van der Waals surface area contributed by atoms with Crippen molar-refractivity contribution in [2.24, 2.45) is 0 Å². The summed E-state index contributed by atoms with van der Waals surface area (Å²) in [4.78, 5) is 0. The van der Waals surface area contributed by atoms with Crippen LogP contribution in [0.2, 0.25) is 0 Å². The van der Waals surface area contributed by atoms with E-state index in [0.717, 1.165) is 6.54 Å². The lowest BCUT2D eigenvalue weighted by Gasteiger charge is -2.00. The van der Waals surface area contributed by atoms with E-state index in [2.05, 4.69) is 25.2 Å². The Morgan fingerprint density at radius 1 is 1.56 bits per heavy atom. The predicted molar refractivity (Wildman–Crippen MR) is 42.6 cm³/mol. The van der Waals surface area contributed by atoms with Gasteiger partial charge in [-0.15, -0.1) is 0 Å². The standard InChI is InChI=1S/C8H17N/c1-4-8(5-2)6-7-9-3/h4,9H,5-7H2,1-3H3/b8-4-. The highest BCUT2D eigenvalue weighted by molar-refractivity contribution is 4.99. The molecule has 0 rings (SSSR count). The zero-order chi connectivity index (χ0) is 7.11. The van der Waals surface area contributed by atoms with Crippen molar-refractivity contribution in [2.45, 2.75) is 26.7 Å². The Kier molecular flexibility index (Phi) is 5.64. The van der Waals surface area contributed by atoms with Gasteiger partial charge in [0.15, 0.2) is 0 Å². The van der Waals surface area contributed by atoms with Gasteiger partial charge >= 0.3 is 0 Å². The molecule has 1 N–H and O–H groups in total. The van der Waals surface area contributed by atoms with Crippen LogP contribution in [-0.4, -0.2) is 13.6 Å². The molecule has 0 atom stereocenters. The van der Waals surface area contributed by atoms with Gasteiger partial charge in [0, 0.05) is 0 Å². The molecule has 1 nitrogen and oxygen atoms in total. The molecular formula is C8H17N. The lowest BCUT2D eigenvalue weighted by Crippen LogP contribution is -2.07. The highest BCUT2D eigenvalue weighted by Gasteiger charge is 1.88. The minimum absolute atomic E-state index is 1.10. The first-order valence-corrected chi connectivity index (χ1v) is 3.63. The molecule has 9 heavy (non-hydrogen) atoms. The van der Waals surface area contributed by atoms with Gasteiger partial charge in [0.25, 0.3) is 0 Å². The third-order valence-electron chi connectivity index (χ3n) is 1.56. The topological polar surface area (TPSA) is 12.0 Å². The molecule has 0 aromatic rings. The van der Waals surface area contributed by atoms with E-state index in [1.54, 1.807) is 5.57 Å². The van der Waals surface area contributed by atoms with Crippen molar-refractivity contribution in [1.82, 2.24) is 5.32 Å². The minimum atomic E-state index is 1.10. The van der Waals surface area contributed by atoms with Gasteiger partial charge in [-0.3, -0.25) is 0 Å². The number of rotatable bonds is 4. The van der Waals surface area contributed by atoms with E-state index < -0.39 is 0 Å². The van der Waals surface area contributed by atoms with Crippen LogP contribution in [0, 0.1) is 0 Å². The first kappa shape index (κ1) is 8.70. The largest absolute Gasteiger partial charge is 0.319 e. The molecule has 0 fully saturated rings. The van der Waals surface area contributed by atoms with Crippen LogP contribution in [0.3, 0.4) is 0 Å². The maximum Gasteiger partial charge on any atom is -0.00146 e. The van der Waals surface area contributed by atoms with E-state index in [1.807, 2.05) is 7.05 Å². The summed E-state index contributed by atoms with van der Waals surface area (Å²) in [6.45, 7) is 5.41. The Labute approximate surface area is 58.2 Å². The molecule has 0 aliphatic carbocycles. The van der Waals surface area contributed by atoms with Crippen molar-refractivity contribution in [2.75, 3.05) is 13.6 Å². The van der Waals surface area contributed by atoms with Crippen molar-refractivity contribution in [3.05, 3.63) is 11.6 Å². The first-order chi connectivity index (χ1) is 4.35. The average Bonchev–Trinajstić information content (AvgIpc) is 1.91. The van der Waals surface area contributed by atoms with Crippen LogP contribution in [0.1, 0.15) is 26.7 Å². The van der Waals surface area contributed by atoms with Gasteiger partial charge in [-0.05, 0) is 33.4 Å². The molecule has 54 valence electrons. The number of nitrogens with one attached hydrogen (secondary N) is 1. The quantitative estimate of drug-likeness (QED) is 0.569. The Morgan fingerprint density at radius 2 is 2.22 bits per heavy atom. The Morgan fingerprint density at radius 3 is 2.56 bits per heavy atom. The van der Waals surface area contributed by atoms with E-state index in [0.29, 0.717) is 0 Å². The molecule has 0 aromatic heterocycles. The molecule has 0 saturated heterocycles. The van der Waals surface area contributed by atoms with Crippen LogP contribution in [0.15, 0.2) is 11.6 Å². The fourth-order valence-electron chi connectivity index (χ4n) is 0.811. The van der Waals surface area contributed by atoms with Crippen LogP contribution < -0.4 is 5.32 Å². The summed E-state index contributed by atoms with van der Waals surface area (Å²) >= 11 is 0. The molecule has 0 amide bonds. The smallest absolute Gasteiger partial charge is 0.00146 e. The average molecular weight is 127 g/mol. The third kappa shape index (κ3) is 4.22. The van der Waals surface area contributed by atoms with Crippen LogP contribution in [-0.2, 0) is 0 Å². The van der Waals surface area contributed by atoms with Crippen LogP contribution in [0.4, 0.5) is 0 Å². The van der Waals surface area contributed by atoms with Gasteiger partial charge in [0.2, 0.25) is 0 Å². The summed E-state index contributed by atoms with van der Waals surface area (Å²) in [5, 5.41) is 3.13. The first-order valence-electron chi connectivity index (χ1n) is 3.63. The summed E-state index contributed by atoms with van der Waals surface area (Å²) in [6.07, 6.45) is 4.60. The highest BCUT2D eigenvalue weighted by atomic mass is 14.8. The Balaban J connectivity index is 3.33. The van der Waals surface area contributed by atoms with E-state index >= 15 is 0 Å². The fraction of sp³-hybridized carbons (Fsp3) is 0.750. The van der Waals surface area contributed by atoms with E-state index in [-0.39, 0.29) is 0 Å². The maximum absolute atomic E-state index is 3.13. The van der Waals surface area contributed by atoms with E-state index in [1.165, 1.54) is 12.8 Å². The van der Waals surface area contributed by atoms with Crippen molar-refractivity contribution in [3.8, 4) is 0 Å². The molecule has 0 unspecified atom stereocenters. The summed E-state index contributed by atoms with van der Waals surface area (Å²) < 4.78 is 0. The molecule has 0 aliphatic heterocycles. The maximum atomic E-state index is 3.13. The molecule has 0 aromatic carbocycles. The Bertz CT molecular complexity index is 84.6. The second-order valence-electron chi connectivity index (χ2n) is 2.15. The molecule has 1 heteroatoms. The Hall–Kier alpha value is -0.300. The zero-order valence-electron chi connectivity index (χ0n) is 6.70. The van der Waals surface area contributed by atoms with Crippen LogP contribution in [0.25, 0.3) is 0 Å². The van der Waals surface area contributed by atoms with Gasteiger partial charge in [0.05, 0.1) is 0 Å². The van der Waals surface area contributed by atoms with Gasteiger partial charge in [-0.25, -0.2) is 0 Å². The number of allylic oxidation sites excluding steroid dienone is 1. The number of hydrogen-bond donors (Lipinski definition) is 1. The van der Waals surface area contributed by atoms with Gasteiger partial charge < -0.3 is 5.32 Å². The van der Waals surface area contributed by atoms with Gasteiger partial charge in [-0.1, -0.05) is 18.6 Å². The van der Waals surface area contributed by atoms with Gasteiger partial charge in [-0.2, -0.15) is 0 Å². The number of hydrogen-bond acceptors (Lipinski definition) is 1. The molecule has 0 saturated carbocycles. The zero-order valence-corrected chi connectivity index (χ0v) is 6.70. The van der Waals surface area contributed by atoms with E-state index in [4.69, 9.17) is 0 Å². The third-order valence-corrected chi connectivity index (χ3v) is 1.56. The molecule has 0 bridgehead atoms. The summed E-state index contributed by atoms with van der Waals surface area (Å²) in [7, 11) is 1.99.